The van der Waals surface area contributed by atoms with E-state index in [1.807, 2.05) is 54.6 Å². The number of rotatable bonds is 8. The third-order valence-electron chi connectivity index (χ3n) is 3.64. The van der Waals surface area contributed by atoms with Gasteiger partial charge in [0.1, 0.15) is 12.4 Å². The van der Waals surface area contributed by atoms with Crippen LogP contribution in [0.15, 0.2) is 54.6 Å². The topological polar surface area (TPSA) is 72.9 Å². The van der Waals surface area contributed by atoms with E-state index in [1.54, 1.807) is 0 Å². The lowest BCUT2D eigenvalue weighted by Gasteiger charge is -2.16. The van der Waals surface area contributed by atoms with Gasteiger partial charge in [-0.1, -0.05) is 42.5 Å². The first-order valence-corrected chi connectivity index (χ1v) is 9.32. The molecular weight excluding hydrogens is 342 g/mol. The van der Waals surface area contributed by atoms with Crippen molar-refractivity contribution in [2.24, 2.45) is 0 Å². The molecule has 0 aliphatic heterocycles. The van der Waals surface area contributed by atoms with Crippen LogP contribution in [-0.4, -0.2) is 51.8 Å². The molecule has 0 radical (unpaired) electrons. The summed E-state index contributed by atoms with van der Waals surface area (Å²) in [6, 6.07) is 17.5. The molecule has 0 N–H and O–H groups in total. The van der Waals surface area contributed by atoms with Crippen LogP contribution < -0.4 is 4.74 Å². The number of carbonyl (C=O) groups excluding carboxylic acids is 1. The molecule has 25 heavy (non-hydrogen) atoms. The molecule has 2 rings (SSSR count). The summed E-state index contributed by atoms with van der Waals surface area (Å²) in [5, 5.41) is 0. The Hall–Kier alpha value is -2.38. The van der Waals surface area contributed by atoms with Gasteiger partial charge in [0, 0.05) is 13.6 Å². The van der Waals surface area contributed by atoms with E-state index in [-0.39, 0.29) is 13.2 Å². The largest absolute Gasteiger partial charge is 0.492 e. The predicted octanol–water partition coefficient (Wildman–Crippen LogP) is 2.17. The highest BCUT2D eigenvalue weighted by atomic mass is 32.2. The summed E-state index contributed by atoms with van der Waals surface area (Å²) in [5.41, 5.74) is 2.19. The summed E-state index contributed by atoms with van der Waals surface area (Å²) >= 11 is 0. The molecule has 0 aliphatic rings. The lowest BCUT2D eigenvalue weighted by atomic mass is 10.1. The Morgan fingerprint density at radius 1 is 1.00 bits per heavy atom. The zero-order valence-electron chi connectivity index (χ0n) is 14.2. The Bertz CT molecular complexity index is 788. The monoisotopic (exact) mass is 363 g/mol. The number of esters is 1. The molecule has 2 aromatic carbocycles. The van der Waals surface area contributed by atoms with Crippen molar-refractivity contribution in [1.29, 1.82) is 0 Å². The zero-order valence-corrected chi connectivity index (χ0v) is 15.0. The first-order chi connectivity index (χ1) is 11.9. The summed E-state index contributed by atoms with van der Waals surface area (Å²) in [6.07, 6.45) is 0. The van der Waals surface area contributed by atoms with Gasteiger partial charge in [0.05, 0.1) is 7.11 Å². The molecule has 0 amide bonds. The molecule has 0 saturated carbocycles. The van der Waals surface area contributed by atoms with Crippen molar-refractivity contribution in [2.45, 2.75) is 0 Å². The van der Waals surface area contributed by atoms with E-state index in [0.29, 0.717) is 5.75 Å². The molecule has 0 heterocycles. The van der Waals surface area contributed by atoms with E-state index in [2.05, 4.69) is 4.74 Å². The fraction of sp³-hybridized carbons (Fsp3) is 0.278. The average molecular weight is 363 g/mol. The minimum absolute atomic E-state index is 0.139. The number of methoxy groups -OCH3 is 1. The molecule has 2 aromatic rings. The van der Waals surface area contributed by atoms with Gasteiger partial charge in [0.2, 0.25) is 10.0 Å². The van der Waals surface area contributed by atoms with Crippen molar-refractivity contribution in [2.75, 3.05) is 33.1 Å². The van der Waals surface area contributed by atoms with Crippen LogP contribution in [0.5, 0.6) is 5.75 Å². The molecule has 0 atom stereocenters. The van der Waals surface area contributed by atoms with Crippen LogP contribution in [0, 0.1) is 0 Å². The van der Waals surface area contributed by atoms with Gasteiger partial charge >= 0.3 is 5.97 Å². The SMILES string of the molecule is COC(=O)CS(=O)(=O)N(C)CCOc1ccc(-c2ccccc2)cc1. The van der Waals surface area contributed by atoms with Crippen molar-refractivity contribution >= 4 is 16.0 Å². The standard InChI is InChI=1S/C18H21NO5S/c1-19(25(21,22)14-18(20)23-2)12-13-24-17-10-8-16(9-11-17)15-6-4-3-5-7-15/h3-11H,12-14H2,1-2H3. The Morgan fingerprint density at radius 3 is 2.20 bits per heavy atom. The van der Waals surface area contributed by atoms with Crippen molar-refractivity contribution < 1.29 is 22.7 Å². The number of ether oxygens (including phenoxy) is 2. The van der Waals surface area contributed by atoms with Crippen LogP contribution >= 0.6 is 0 Å². The predicted molar refractivity (Wildman–Crippen MR) is 95.8 cm³/mol. The Kier molecular flexibility index (Phi) is 6.55. The maximum atomic E-state index is 11.9. The van der Waals surface area contributed by atoms with Gasteiger partial charge < -0.3 is 9.47 Å². The van der Waals surface area contributed by atoms with Gasteiger partial charge in [0.15, 0.2) is 5.75 Å². The van der Waals surface area contributed by atoms with Crippen LogP contribution in [0.2, 0.25) is 0 Å². The van der Waals surface area contributed by atoms with Crippen molar-refractivity contribution in [3.05, 3.63) is 54.6 Å². The highest BCUT2D eigenvalue weighted by molar-refractivity contribution is 7.89. The maximum Gasteiger partial charge on any atom is 0.322 e. The Balaban J connectivity index is 1.86. The molecule has 134 valence electrons. The second kappa shape index (κ2) is 8.64. The smallest absolute Gasteiger partial charge is 0.322 e. The van der Waals surface area contributed by atoms with Gasteiger partial charge in [0.25, 0.3) is 0 Å². The molecule has 0 fully saturated rings. The van der Waals surface area contributed by atoms with E-state index >= 15 is 0 Å². The molecule has 6 nitrogen and oxygen atoms in total. The van der Waals surface area contributed by atoms with Crippen molar-refractivity contribution in [3.63, 3.8) is 0 Å². The molecule has 0 aliphatic carbocycles. The number of hydrogen-bond acceptors (Lipinski definition) is 5. The molecule has 0 bridgehead atoms. The molecular formula is C18H21NO5S. The molecule has 7 heteroatoms. The van der Waals surface area contributed by atoms with E-state index in [1.165, 1.54) is 7.05 Å². The second-order valence-corrected chi connectivity index (χ2v) is 7.47. The second-order valence-electron chi connectivity index (χ2n) is 5.39. The highest BCUT2D eigenvalue weighted by Crippen LogP contribution is 2.22. The maximum absolute atomic E-state index is 11.9. The number of sulfonamides is 1. The van der Waals surface area contributed by atoms with Crippen molar-refractivity contribution in [1.82, 2.24) is 4.31 Å². The van der Waals surface area contributed by atoms with Crippen LogP contribution in [0.4, 0.5) is 0 Å². The number of nitrogens with zero attached hydrogens (tertiary/aromatic N) is 1. The van der Waals surface area contributed by atoms with E-state index in [4.69, 9.17) is 4.74 Å². The lowest BCUT2D eigenvalue weighted by Crippen LogP contribution is -2.35. The molecule has 0 spiro atoms. The van der Waals surface area contributed by atoms with Gasteiger partial charge in [-0.25, -0.2) is 12.7 Å². The molecule has 0 saturated heterocycles. The van der Waals surface area contributed by atoms with Gasteiger partial charge in [-0.2, -0.15) is 0 Å². The Morgan fingerprint density at radius 2 is 1.60 bits per heavy atom. The van der Waals surface area contributed by atoms with Crippen LogP contribution in [0.1, 0.15) is 0 Å². The third kappa shape index (κ3) is 5.58. The van der Waals surface area contributed by atoms with Crippen LogP contribution in [0.25, 0.3) is 11.1 Å². The van der Waals surface area contributed by atoms with Gasteiger partial charge in [-0.05, 0) is 23.3 Å². The average Bonchev–Trinajstić information content (AvgIpc) is 2.62. The first-order valence-electron chi connectivity index (χ1n) is 7.71. The van der Waals surface area contributed by atoms with E-state index < -0.39 is 21.7 Å². The quantitative estimate of drug-likeness (QED) is 0.672. The van der Waals surface area contributed by atoms with E-state index in [0.717, 1.165) is 22.5 Å². The minimum atomic E-state index is -3.69. The summed E-state index contributed by atoms with van der Waals surface area (Å²) in [7, 11) is -1.13. The minimum Gasteiger partial charge on any atom is -0.492 e. The lowest BCUT2D eigenvalue weighted by molar-refractivity contribution is -0.137. The van der Waals surface area contributed by atoms with Crippen LogP contribution in [0.3, 0.4) is 0 Å². The number of benzene rings is 2. The highest BCUT2D eigenvalue weighted by Gasteiger charge is 2.22. The van der Waals surface area contributed by atoms with Gasteiger partial charge in [-0.15, -0.1) is 0 Å². The summed E-state index contributed by atoms with van der Waals surface area (Å²) < 4.78 is 34.9. The number of hydrogen-bond donors (Lipinski definition) is 0. The first kappa shape index (κ1) is 19.0. The van der Waals surface area contributed by atoms with Gasteiger partial charge in [-0.3, -0.25) is 4.79 Å². The third-order valence-corrected chi connectivity index (χ3v) is 5.37. The zero-order chi connectivity index (χ0) is 18.3. The summed E-state index contributed by atoms with van der Waals surface area (Å²) in [6.45, 7) is 0.321. The summed E-state index contributed by atoms with van der Waals surface area (Å²) in [5.74, 6) is -0.811. The van der Waals surface area contributed by atoms with Crippen molar-refractivity contribution in [3.8, 4) is 16.9 Å². The normalized spacial score (nSPS) is 11.3. The van der Waals surface area contributed by atoms with E-state index in [9.17, 15) is 13.2 Å². The Labute approximate surface area is 148 Å². The molecule has 0 aromatic heterocycles. The fourth-order valence-corrected chi connectivity index (χ4v) is 3.11. The van der Waals surface area contributed by atoms with Crippen LogP contribution in [-0.2, 0) is 19.6 Å². The molecule has 0 unspecified atom stereocenters. The summed E-state index contributed by atoms with van der Waals surface area (Å²) in [4.78, 5) is 11.1. The number of carbonyl (C=O) groups is 1. The number of likely N-dealkylation sites (N-methyl/N-ethyl adjacent to an activating group) is 1. The fourth-order valence-electron chi connectivity index (χ4n) is 2.12.